The van der Waals surface area contributed by atoms with Crippen LogP contribution < -0.4 is 25.6 Å². The van der Waals surface area contributed by atoms with Gasteiger partial charge in [-0.2, -0.15) is 0 Å². The van der Waals surface area contributed by atoms with Crippen LogP contribution in [0.1, 0.15) is 10.6 Å². The number of benzene rings is 2. The third kappa shape index (κ3) is 6.51. The van der Waals surface area contributed by atoms with E-state index in [1.165, 1.54) is 30.3 Å². The molecule has 0 aliphatic carbocycles. The summed E-state index contributed by atoms with van der Waals surface area (Å²) in [5.74, 6) is 0.116. The molecule has 3 N–H and O–H groups in total. The summed E-state index contributed by atoms with van der Waals surface area (Å²) >= 11 is 4.97. The minimum absolute atomic E-state index is 0.0742. The number of hydrogen-bond donors (Lipinski definition) is 3. The first kappa shape index (κ1) is 23.2. The number of carbonyl (C=O) groups excluding carboxylic acids is 2. The van der Waals surface area contributed by atoms with Gasteiger partial charge in [-0.1, -0.05) is 12.1 Å². The van der Waals surface area contributed by atoms with Crippen LogP contribution >= 0.6 is 12.2 Å². The number of hydrogen-bond acceptors (Lipinski definition) is 8. The van der Waals surface area contributed by atoms with Crippen molar-refractivity contribution in [1.82, 2.24) is 16.2 Å². The van der Waals surface area contributed by atoms with Crippen molar-refractivity contribution in [1.29, 1.82) is 0 Å². The quantitative estimate of drug-likeness (QED) is 0.269. The van der Waals surface area contributed by atoms with Crippen molar-refractivity contribution in [2.24, 2.45) is 0 Å². The van der Waals surface area contributed by atoms with Crippen LogP contribution in [0.25, 0.3) is 11.3 Å². The maximum Gasteiger partial charge on any atom is 0.293 e. The van der Waals surface area contributed by atoms with E-state index in [-0.39, 0.29) is 28.9 Å². The average molecular weight is 470 g/mol. The van der Waals surface area contributed by atoms with E-state index in [0.717, 1.165) is 0 Å². The fraction of sp³-hybridized carbons (Fsp3) is 0.0952. The molecule has 0 saturated carbocycles. The minimum Gasteiger partial charge on any atom is -0.497 e. The van der Waals surface area contributed by atoms with E-state index in [2.05, 4.69) is 16.2 Å². The van der Waals surface area contributed by atoms with Gasteiger partial charge < -0.3 is 13.9 Å². The second kappa shape index (κ2) is 10.7. The lowest BCUT2D eigenvalue weighted by atomic mass is 10.1. The second-order valence-corrected chi connectivity index (χ2v) is 6.80. The molecule has 0 aliphatic heterocycles. The summed E-state index contributed by atoms with van der Waals surface area (Å²) in [5.41, 5.74) is 5.00. The number of nitro benzene ring substituents is 1. The Labute approximate surface area is 192 Å². The topological polar surface area (TPSA) is 145 Å². The van der Waals surface area contributed by atoms with Gasteiger partial charge in [-0.05, 0) is 48.6 Å². The number of hydrazine groups is 1. The van der Waals surface area contributed by atoms with E-state index in [1.54, 1.807) is 37.4 Å². The molecule has 0 unspecified atom stereocenters. The van der Waals surface area contributed by atoms with Gasteiger partial charge in [-0.15, -0.1) is 0 Å². The summed E-state index contributed by atoms with van der Waals surface area (Å²) in [5, 5.41) is 13.1. The molecule has 2 amide bonds. The number of methoxy groups -OCH3 is 1. The van der Waals surface area contributed by atoms with E-state index in [1.807, 2.05) is 0 Å². The Bertz CT molecular complexity index is 1180. The first-order chi connectivity index (χ1) is 15.9. The van der Waals surface area contributed by atoms with Crippen molar-refractivity contribution in [3.63, 3.8) is 0 Å². The number of thiocarbonyl (C=S) groups is 1. The van der Waals surface area contributed by atoms with Crippen LogP contribution in [-0.4, -0.2) is 35.6 Å². The number of furan rings is 1. The molecule has 0 fully saturated rings. The number of nitrogens with zero attached hydrogens (tertiary/aromatic N) is 1. The van der Waals surface area contributed by atoms with Crippen LogP contribution in [-0.2, 0) is 4.79 Å². The highest BCUT2D eigenvalue weighted by molar-refractivity contribution is 7.80. The third-order valence-electron chi connectivity index (χ3n) is 4.14. The van der Waals surface area contributed by atoms with Crippen LogP contribution in [0, 0.1) is 10.1 Å². The molecule has 0 saturated heterocycles. The van der Waals surface area contributed by atoms with Gasteiger partial charge in [0.1, 0.15) is 17.3 Å². The lowest BCUT2D eigenvalue weighted by Crippen LogP contribution is -2.49. The summed E-state index contributed by atoms with van der Waals surface area (Å²) in [4.78, 5) is 34.6. The van der Waals surface area contributed by atoms with Crippen LogP contribution in [0.3, 0.4) is 0 Å². The molecule has 0 radical (unpaired) electrons. The maximum absolute atomic E-state index is 12.3. The number of non-ortho nitro benzene ring substituents is 1. The van der Waals surface area contributed by atoms with E-state index >= 15 is 0 Å². The number of nitrogens with one attached hydrogen (secondary N) is 3. The standard InChI is InChI=1S/C21H18N4O7S/c1-30-15-5-7-16(8-6-15)31-12-19(26)23-24-21(33)22-20(27)18-10-9-17(32-18)13-3-2-4-14(11-13)25(28)29/h2-11H,12H2,1H3,(H,23,26)(H2,22,24,27,33). The fourth-order valence-corrected chi connectivity index (χ4v) is 2.71. The van der Waals surface area contributed by atoms with Crippen LogP contribution in [0.15, 0.2) is 65.1 Å². The summed E-state index contributed by atoms with van der Waals surface area (Å²) in [6, 6.07) is 15.4. The smallest absolute Gasteiger partial charge is 0.293 e. The van der Waals surface area contributed by atoms with Gasteiger partial charge in [-0.25, -0.2) is 0 Å². The predicted molar refractivity (Wildman–Crippen MR) is 121 cm³/mol. The molecule has 0 spiro atoms. The summed E-state index contributed by atoms with van der Waals surface area (Å²) in [6.07, 6.45) is 0. The molecule has 33 heavy (non-hydrogen) atoms. The van der Waals surface area contributed by atoms with Crippen molar-refractivity contribution in [3.05, 3.63) is 76.5 Å². The van der Waals surface area contributed by atoms with Crippen molar-refractivity contribution in [3.8, 4) is 22.8 Å². The molecule has 11 nitrogen and oxygen atoms in total. The highest BCUT2D eigenvalue weighted by atomic mass is 32.1. The molecule has 170 valence electrons. The van der Waals surface area contributed by atoms with Gasteiger partial charge in [0.25, 0.3) is 17.5 Å². The number of rotatable bonds is 7. The maximum atomic E-state index is 12.3. The molecule has 12 heteroatoms. The number of amides is 2. The lowest BCUT2D eigenvalue weighted by molar-refractivity contribution is -0.384. The monoisotopic (exact) mass is 470 g/mol. The Morgan fingerprint density at radius 2 is 1.79 bits per heavy atom. The first-order valence-electron chi connectivity index (χ1n) is 9.37. The second-order valence-electron chi connectivity index (χ2n) is 6.39. The van der Waals surface area contributed by atoms with Crippen molar-refractivity contribution < 1.29 is 28.4 Å². The molecule has 0 atom stereocenters. The Hall–Kier alpha value is -4.45. The molecule has 3 aromatic rings. The van der Waals surface area contributed by atoms with E-state index in [9.17, 15) is 19.7 Å². The lowest BCUT2D eigenvalue weighted by Gasteiger charge is -2.11. The molecule has 0 aliphatic rings. The largest absolute Gasteiger partial charge is 0.497 e. The third-order valence-corrected chi connectivity index (χ3v) is 4.35. The van der Waals surface area contributed by atoms with Gasteiger partial charge in [0.2, 0.25) is 0 Å². The number of nitro groups is 1. The molecule has 2 aromatic carbocycles. The Morgan fingerprint density at radius 3 is 2.48 bits per heavy atom. The molecule has 0 bridgehead atoms. The highest BCUT2D eigenvalue weighted by Crippen LogP contribution is 2.25. The SMILES string of the molecule is COc1ccc(OCC(=O)NNC(=S)NC(=O)c2ccc(-c3cccc([N+](=O)[O-])c3)o2)cc1. The normalized spacial score (nSPS) is 10.1. The molecular weight excluding hydrogens is 452 g/mol. The van der Waals surface area contributed by atoms with Gasteiger partial charge in [-0.3, -0.25) is 35.9 Å². The molecule has 1 heterocycles. The zero-order chi connectivity index (χ0) is 23.8. The van der Waals surface area contributed by atoms with Crippen LogP contribution in [0.2, 0.25) is 0 Å². The van der Waals surface area contributed by atoms with Gasteiger partial charge in [0.05, 0.1) is 12.0 Å². The molecular formula is C21H18N4O7S. The molecule has 3 rings (SSSR count). The Kier molecular flexibility index (Phi) is 7.55. The number of ether oxygens (including phenoxy) is 2. The molecule has 1 aromatic heterocycles. The zero-order valence-corrected chi connectivity index (χ0v) is 18.0. The van der Waals surface area contributed by atoms with Gasteiger partial charge >= 0.3 is 0 Å². The summed E-state index contributed by atoms with van der Waals surface area (Å²) in [6.45, 7) is -0.291. The summed E-state index contributed by atoms with van der Waals surface area (Å²) in [7, 11) is 1.54. The Morgan fingerprint density at radius 1 is 1.06 bits per heavy atom. The van der Waals surface area contributed by atoms with Crippen LogP contribution in [0.5, 0.6) is 11.5 Å². The van der Waals surface area contributed by atoms with E-state index in [4.69, 9.17) is 26.1 Å². The van der Waals surface area contributed by atoms with Gasteiger partial charge in [0, 0.05) is 17.7 Å². The fourth-order valence-electron chi connectivity index (χ4n) is 2.57. The van der Waals surface area contributed by atoms with Crippen molar-refractivity contribution in [2.75, 3.05) is 13.7 Å². The van der Waals surface area contributed by atoms with Gasteiger partial charge in [0.15, 0.2) is 17.5 Å². The van der Waals surface area contributed by atoms with Crippen LogP contribution in [0.4, 0.5) is 5.69 Å². The first-order valence-corrected chi connectivity index (χ1v) is 9.78. The number of carbonyl (C=O) groups is 2. The van der Waals surface area contributed by atoms with E-state index < -0.39 is 16.7 Å². The Balaban J connectivity index is 1.46. The van der Waals surface area contributed by atoms with Crippen molar-refractivity contribution in [2.45, 2.75) is 0 Å². The minimum atomic E-state index is -0.673. The average Bonchev–Trinajstić information content (AvgIpc) is 3.32. The van der Waals surface area contributed by atoms with E-state index in [0.29, 0.717) is 17.1 Å². The summed E-state index contributed by atoms with van der Waals surface area (Å²) < 4.78 is 15.8. The highest BCUT2D eigenvalue weighted by Gasteiger charge is 2.15. The predicted octanol–water partition coefficient (Wildman–Crippen LogP) is 2.58. The zero-order valence-electron chi connectivity index (χ0n) is 17.2. The van der Waals surface area contributed by atoms with Crippen molar-refractivity contribution >= 4 is 34.8 Å².